The largest absolute Gasteiger partial charge is 0.494 e. The fourth-order valence-electron chi connectivity index (χ4n) is 1.66. The molecule has 0 radical (unpaired) electrons. The number of hydrogen-bond donors (Lipinski definition) is 1. The maximum absolute atomic E-state index is 11.0. The van der Waals surface area contributed by atoms with Gasteiger partial charge in [-0.05, 0) is 37.6 Å². The first-order valence-electron chi connectivity index (χ1n) is 6.11. The Hall–Kier alpha value is -1.59. The number of benzene rings is 1. The van der Waals surface area contributed by atoms with Crippen LogP contribution in [-0.4, -0.2) is 28.5 Å². The Morgan fingerprint density at radius 3 is 2.65 bits per heavy atom. The zero-order chi connectivity index (χ0) is 14.5. The number of rotatable bonds is 6. The minimum atomic E-state index is -0.938. The smallest absolute Gasteiger partial charge is 0.347 e. The molecule has 0 spiro atoms. The number of nitrogens with zero attached hydrogens (tertiary/aromatic N) is 1. The van der Waals surface area contributed by atoms with Crippen molar-refractivity contribution in [2.24, 2.45) is 0 Å². The third kappa shape index (κ3) is 3.49. The van der Waals surface area contributed by atoms with Crippen LogP contribution >= 0.6 is 22.9 Å². The summed E-state index contributed by atoms with van der Waals surface area (Å²) in [6.45, 7) is 2.29. The van der Waals surface area contributed by atoms with Gasteiger partial charge in [0.1, 0.15) is 15.6 Å². The topological polar surface area (TPSA) is 59.4 Å². The molecule has 1 aromatic carbocycles. The molecular weight excluding hydrogens is 298 g/mol. The molecule has 0 fully saturated rings. The van der Waals surface area contributed by atoms with Gasteiger partial charge in [0.05, 0.1) is 12.3 Å². The summed E-state index contributed by atoms with van der Waals surface area (Å²) in [7, 11) is 0. The van der Waals surface area contributed by atoms with Crippen LogP contribution in [0, 0.1) is 6.92 Å². The summed E-state index contributed by atoms with van der Waals surface area (Å²) in [5.74, 6) is 0.409. The second-order valence-electron chi connectivity index (χ2n) is 4.15. The highest BCUT2D eigenvalue weighted by Gasteiger charge is 2.14. The fraction of sp³-hybridized carbons (Fsp3) is 0.286. The first-order chi connectivity index (χ1) is 9.61. The molecular formula is C14H14ClNO3S. The van der Waals surface area contributed by atoms with Gasteiger partial charge in [-0.1, -0.05) is 0 Å². The van der Waals surface area contributed by atoms with Gasteiger partial charge in [0.2, 0.25) is 0 Å². The Balaban J connectivity index is 2.13. The van der Waals surface area contributed by atoms with E-state index in [0.717, 1.165) is 17.7 Å². The van der Waals surface area contributed by atoms with Crippen LogP contribution in [0.2, 0.25) is 0 Å². The number of hydrogen-bond acceptors (Lipinski definition) is 4. The van der Waals surface area contributed by atoms with Crippen molar-refractivity contribution in [2.45, 2.75) is 13.3 Å². The van der Waals surface area contributed by atoms with Gasteiger partial charge in [-0.2, -0.15) is 0 Å². The lowest BCUT2D eigenvalue weighted by Gasteiger charge is -2.05. The summed E-state index contributed by atoms with van der Waals surface area (Å²) < 4.78 is 5.51. The van der Waals surface area contributed by atoms with E-state index in [0.29, 0.717) is 23.2 Å². The van der Waals surface area contributed by atoms with Gasteiger partial charge in [-0.15, -0.1) is 22.9 Å². The number of alkyl halides is 1. The number of aromatic carboxylic acids is 1. The second kappa shape index (κ2) is 6.72. The summed E-state index contributed by atoms with van der Waals surface area (Å²) in [4.78, 5) is 15.6. The molecule has 0 unspecified atom stereocenters. The Kier molecular flexibility index (Phi) is 4.98. The molecule has 0 saturated carbocycles. The summed E-state index contributed by atoms with van der Waals surface area (Å²) in [6.07, 6.45) is 0.803. The van der Waals surface area contributed by atoms with Crippen molar-refractivity contribution in [3.63, 3.8) is 0 Å². The average Bonchev–Trinajstić information content (AvgIpc) is 2.82. The van der Waals surface area contributed by atoms with Crippen LogP contribution in [0.15, 0.2) is 24.3 Å². The van der Waals surface area contributed by atoms with E-state index in [-0.39, 0.29) is 4.88 Å². The molecule has 4 nitrogen and oxygen atoms in total. The third-order valence-corrected chi connectivity index (χ3v) is 4.10. The van der Waals surface area contributed by atoms with E-state index < -0.39 is 5.97 Å². The van der Waals surface area contributed by atoms with E-state index in [1.54, 1.807) is 6.92 Å². The summed E-state index contributed by atoms with van der Waals surface area (Å²) in [5.41, 5.74) is 1.43. The number of carboxylic acids is 1. The van der Waals surface area contributed by atoms with Gasteiger partial charge in [0.25, 0.3) is 0 Å². The van der Waals surface area contributed by atoms with Gasteiger partial charge in [0, 0.05) is 11.4 Å². The second-order valence-corrected chi connectivity index (χ2v) is 5.53. The van der Waals surface area contributed by atoms with Crippen molar-refractivity contribution in [1.82, 2.24) is 4.98 Å². The number of carbonyl (C=O) groups is 1. The van der Waals surface area contributed by atoms with Crippen molar-refractivity contribution in [3.8, 4) is 16.3 Å². The molecule has 1 aromatic heterocycles. The van der Waals surface area contributed by atoms with Gasteiger partial charge >= 0.3 is 5.97 Å². The van der Waals surface area contributed by atoms with Crippen molar-refractivity contribution in [3.05, 3.63) is 34.8 Å². The first-order valence-corrected chi connectivity index (χ1v) is 7.47. The van der Waals surface area contributed by atoms with E-state index in [1.807, 2.05) is 24.3 Å². The fourth-order valence-corrected chi connectivity index (χ4v) is 2.68. The maximum Gasteiger partial charge on any atom is 0.347 e. The van der Waals surface area contributed by atoms with Crippen LogP contribution in [0.3, 0.4) is 0 Å². The lowest BCUT2D eigenvalue weighted by molar-refractivity contribution is 0.0701. The molecule has 0 amide bonds. The van der Waals surface area contributed by atoms with Gasteiger partial charge < -0.3 is 9.84 Å². The first kappa shape index (κ1) is 14.8. The van der Waals surface area contributed by atoms with Crippen molar-refractivity contribution < 1.29 is 14.6 Å². The quantitative estimate of drug-likeness (QED) is 0.650. The zero-order valence-corrected chi connectivity index (χ0v) is 12.5. The predicted octanol–water partition coefficient (Wildman–Crippen LogP) is 3.82. The van der Waals surface area contributed by atoms with Crippen LogP contribution in [0.4, 0.5) is 0 Å². The third-order valence-electron chi connectivity index (χ3n) is 2.64. The monoisotopic (exact) mass is 311 g/mol. The Morgan fingerprint density at radius 1 is 1.40 bits per heavy atom. The minimum Gasteiger partial charge on any atom is -0.494 e. The molecule has 2 aromatic rings. The lowest BCUT2D eigenvalue weighted by atomic mass is 10.2. The molecule has 1 N–H and O–H groups in total. The predicted molar refractivity (Wildman–Crippen MR) is 80.1 cm³/mol. The SMILES string of the molecule is Cc1nc(-c2ccc(OCCCCl)cc2)sc1C(=O)O. The molecule has 0 bridgehead atoms. The molecule has 6 heteroatoms. The van der Waals surface area contributed by atoms with E-state index in [4.69, 9.17) is 21.4 Å². The van der Waals surface area contributed by atoms with Crippen LogP contribution in [0.1, 0.15) is 21.8 Å². The molecule has 0 saturated heterocycles. The average molecular weight is 312 g/mol. The van der Waals surface area contributed by atoms with Crippen molar-refractivity contribution >= 4 is 28.9 Å². The van der Waals surface area contributed by atoms with Gasteiger partial charge in [-0.25, -0.2) is 9.78 Å². The van der Waals surface area contributed by atoms with E-state index in [9.17, 15) is 4.79 Å². The zero-order valence-electron chi connectivity index (χ0n) is 10.9. The molecule has 0 aliphatic carbocycles. The minimum absolute atomic E-state index is 0.280. The highest BCUT2D eigenvalue weighted by molar-refractivity contribution is 7.17. The molecule has 1 heterocycles. The molecule has 0 aliphatic rings. The molecule has 2 rings (SSSR count). The van der Waals surface area contributed by atoms with Crippen molar-refractivity contribution in [1.29, 1.82) is 0 Å². The lowest BCUT2D eigenvalue weighted by Crippen LogP contribution is -1.97. The van der Waals surface area contributed by atoms with Crippen LogP contribution in [-0.2, 0) is 0 Å². The molecule has 0 atom stereocenters. The number of aryl methyl sites for hydroxylation is 1. The van der Waals surface area contributed by atoms with Gasteiger partial charge in [0.15, 0.2) is 0 Å². The Labute approximate surface area is 126 Å². The Morgan fingerprint density at radius 2 is 2.10 bits per heavy atom. The normalized spacial score (nSPS) is 10.5. The summed E-state index contributed by atoms with van der Waals surface area (Å²) in [6, 6.07) is 7.45. The Bertz CT molecular complexity index is 595. The van der Waals surface area contributed by atoms with Crippen molar-refractivity contribution in [2.75, 3.05) is 12.5 Å². The van der Waals surface area contributed by atoms with E-state index >= 15 is 0 Å². The van der Waals surface area contributed by atoms with E-state index in [1.165, 1.54) is 11.3 Å². The molecule has 0 aliphatic heterocycles. The van der Waals surface area contributed by atoms with Crippen LogP contribution in [0.5, 0.6) is 5.75 Å². The highest BCUT2D eigenvalue weighted by Crippen LogP contribution is 2.29. The number of ether oxygens (including phenoxy) is 1. The molecule has 106 valence electrons. The summed E-state index contributed by atoms with van der Waals surface area (Å²) >= 11 is 6.76. The van der Waals surface area contributed by atoms with Crippen LogP contribution < -0.4 is 4.74 Å². The molecule has 20 heavy (non-hydrogen) atoms. The summed E-state index contributed by atoms with van der Waals surface area (Å²) in [5, 5.41) is 9.73. The number of halogens is 1. The van der Waals surface area contributed by atoms with E-state index in [2.05, 4.69) is 4.98 Å². The van der Waals surface area contributed by atoms with Crippen LogP contribution in [0.25, 0.3) is 10.6 Å². The number of aromatic nitrogens is 1. The standard InChI is InChI=1S/C14H14ClNO3S/c1-9-12(14(17)18)20-13(16-9)10-3-5-11(6-4-10)19-8-2-7-15/h3-6H,2,7-8H2,1H3,(H,17,18). The number of carboxylic acid groups (broad SMARTS) is 1. The maximum atomic E-state index is 11.0. The highest BCUT2D eigenvalue weighted by atomic mass is 35.5. The number of thiazole rings is 1. The van der Waals surface area contributed by atoms with Gasteiger partial charge in [-0.3, -0.25) is 0 Å².